The van der Waals surface area contributed by atoms with Crippen molar-refractivity contribution < 1.29 is 0 Å². The SMILES string of the molecule is CC(C)CCCC(C)Nc1ccc(C(N)=S)nc1. The summed E-state index contributed by atoms with van der Waals surface area (Å²) in [5.74, 6) is 0.781. The summed E-state index contributed by atoms with van der Waals surface area (Å²) in [5.41, 5.74) is 7.20. The van der Waals surface area contributed by atoms with E-state index in [1.807, 2.05) is 12.1 Å². The molecule has 0 radical (unpaired) electrons. The van der Waals surface area contributed by atoms with Crippen LogP contribution in [0.3, 0.4) is 0 Å². The summed E-state index contributed by atoms with van der Waals surface area (Å²) < 4.78 is 0. The summed E-state index contributed by atoms with van der Waals surface area (Å²) in [5, 5.41) is 3.44. The van der Waals surface area contributed by atoms with Crippen molar-refractivity contribution in [3.8, 4) is 0 Å². The van der Waals surface area contributed by atoms with Crippen molar-refractivity contribution in [2.75, 3.05) is 5.32 Å². The van der Waals surface area contributed by atoms with Crippen molar-refractivity contribution in [2.24, 2.45) is 11.7 Å². The quantitative estimate of drug-likeness (QED) is 0.742. The van der Waals surface area contributed by atoms with Crippen molar-refractivity contribution in [1.29, 1.82) is 0 Å². The highest BCUT2D eigenvalue weighted by atomic mass is 32.1. The van der Waals surface area contributed by atoms with Crippen molar-refractivity contribution in [3.63, 3.8) is 0 Å². The van der Waals surface area contributed by atoms with Crippen LogP contribution in [0, 0.1) is 5.92 Å². The first kappa shape index (κ1) is 14.9. The Morgan fingerprint density at radius 3 is 2.56 bits per heavy atom. The molecule has 0 amide bonds. The molecule has 1 unspecified atom stereocenters. The topological polar surface area (TPSA) is 50.9 Å². The molecule has 3 N–H and O–H groups in total. The number of nitrogens with one attached hydrogen (secondary N) is 1. The van der Waals surface area contributed by atoms with E-state index >= 15 is 0 Å². The molecule has 0 aliphatic carbocycles. The summed E-state index contributed by atoms with van der Waals surface area (Å²) >= 11 is 4.87. The molecule has 0 aromatic carbocycles. The molecule has 4 heteroatoms. The van der Waals surface area contributed by atoms with Crippen LogP contribution in [0.25, 0.3) is 0 Å². The number of nitrogens with two attached hydrogens (primary N) is 1. The fourth-order valence-corrected chi connectivity index (χ4v) is 1.93. The molecule has 1 aromatic heterocycles. The molecule has 1 aromatic rings. The molecule has 0 fully saturated rings. The Hall–Kier alpha value is -1.16. The van der Waals surface area contributed by atoms with E-state index in [1.54, 1.807) is 6.20 Å². The van der Waals surface area contributed by atoms with E-state index < -0.39 is 0 Å². The van der Waals surface area contributed by atoms with Crippen LogP contribution in [-0.2, 0) is 0 Å². The molecule has 100 valence electrons. The Kier molecular flexibility index (Phi) is 6.05. The van der Waals surface area contributed by atoms with E-state index in [9.17, 15) is 0 Å². The van der Waals surface area contributed by atoms with Gasteiger partial charge in [0.15, 0.2) is 0 Å². The van der Waals surface area contributed by atoms with Crippen molar-refractivity contribution >= 4 is 22.9 Å². The van der Waals surface area contributed by atoms with Crippen LogP contribution in [0.5, 0.6) is 0 Å². The summed E-state index contributed by atoms with van der Waals surface area (Å²) in [6.07, 6.45) is 5.50. The minimum absolute atomic E-state index is 0.339. The van der Waals surface area contributed by atoms with Gasteiger partial charge in [-0.15, -0.1) is 0 Å². The lowest BCUT2D eigenvalue weighted by Crippen LogP contribution is -2.16. The maximum Gasteiger partial charge on any atom is 0.122 e. The van der Waals surface area contributed by atoms with Gasteiger partial charge in [-0.1, -0.05) is 38.9 Å². The first-order chi connectivity index (χ1) is 8.49. The van der Waals surface area contributed by atoms with Crippen LogP contribution in [0.1, 0.15) is 45.7 Å². The van der Waals surface area contributed by atoms with E-state index in [0.717, 1.165) is 11.6 Å². The van der Waals surface area contributed by atoms with E-state index in [4.69, 9.17) is 18.0 Å². The zero-order chi connectivity index (χ0) is 13.5. The van der Waals surface area contributed by atoms with Gasteiger partial charge in [0.2, 0.25) is 0 Å². The average Bonchev–Trinajstić information content (AvgIpc) is 2.29. The lowest BCUT2D eigenvalue weighted by atomic mass is 10.0. The van der Waals surface area contributed by atoms with Gasteiger partial charge in [-0.25, -0.2) is 0 Å². The van der Waals surface area contributed by atoms with Gasteiger partial charge in [-0.2, -0.15) is 0 Å². The highest BCUT2D eigenvalue weighted by Crippen LogP contribution is 2.13. The largest absolute Gasteiger partial charge is 0.388 e. The van der Waals surface area contributed by atoms with Crippen LogP contribution >= 0.6 is 12.2 Å². The Morgan fingerprint density at radius 2 is 2.06 bits per heavy atom. The molecule has 18 heavy (non-hydrogen) atoms. The molecule has 0 aliphatic rings. The van der Waals surface area contributed by atoms with Gasteiger partial charge in [-0.3, -0.25) is 4.98 Å². The predicted molar refractivity (Wildman–Crippen MR) is 81.9 cm³/mol. The summed E-state index contributed by atoms with van der Waals surface area (Å²) in [7, 11) is 0. The zero-order valence-electron chi connectivity index (χ0n) is 11.4. The number of aromatic nitrogens is 1. The Morgan fingerprint density at radius 1 is 1.33 bits per heavy atom. The molecule has 1 atom stereocenters. The van der Waals surface area contributed by atoms with E-state index in [0.29, 0.717) is 16.7 Å². The Balaban J connectivity index is 2.39. The Labute approximate surface area is 115 Å². The lowest BCUT2D eigenvalue weighted by molar-refractivity contribution is 0.520. The molecule has 1 heterocycles. The van der Waals surface area contributed by atoms with Gasteiger partial charge in [0.05, 0.1) is 17.6 Å². The molecule has 1 rings (SSSR count). The van der Waals surface area contributed by atoms with Crippen molar-refractivity contribution in [2.45, 2.75) is 46.1 Å². The summed E-state index contributed by atoms with van der Waals surface area (Å²) in [6, 6.07) is 4.28. The molecule has 0 saturated carbocycles. The monoisotopic (exact) mass is 265 g/mol. The van der Waals surface area contributed by atoms with Gasteiger partial charge in [0.25, 0.3) is 0 Å². The first-order valence-electron chi connectivity index (χ1n) is 6.51. The molecule has 3 nitrogen and oxygen atoms in total. The number of nitrogens with zero attached hydrogens (tertiary/aromatic N) is 1. The molecular formula is C14H23N3S. The smallest absolute Gasteiger partial charge is 0.122 e. The molecular weight excluding hydrogens is 242 g/mol. The van der Waals surface area contributed by atoms with Gasteiger partial charge in [0.1, 0.15) is 4.99 Å². The number of hydrogen-bond acceptors (Lipinski definition) is 3. The highest BCUT2D eigenvalue weighted by molar-refractivity contribution is 7.80. The van der Waals surface area contributed by atoms with Crippen LogP contribution in [0.4, 0.5) is 5.69 Å². The van der Waals surface area contributed by atoms with Gasteiger partial charge in [0, 0.05) is 6.04 Å². The van der Waals surface area contributed by atoms with Crippen molar-refractivity contribution in [3.05, 3.63) is 24.0 Å². The third kappa shape index (κ3) is 5.45. The van der Waals surface area contributed by atoms with Gasteiger partial charge >= 0.3 is 0 Å². The molecule has 0 aliphatic heterocycles. The second-order valence-corrected chi connectivity index (χ2v) is 5.61. The third-order valence-corrected chi connectivity index (χ3v) is 3.06. The zero-order valence-corrected chi connectivity index (χ0v) is 12.3. The number of pyridine rings is 1. The maximum absolute atomic E-state index is 5.51. The normalized spacial score (nSPS) is 12.4. The Bertz CT molecular complexity index is 373. The van der Waals surface area contributed by atoms with Gasteiger partial charge in [-0.05, 0) is 31.4 Å². The average molecular weight is 265 g/mol. The van der Waals surface area contributed by atoms with E-state index in [1.165, 1.54) is 19.3 Å². The van der Waals surface area contributed by atoms with Crippen LogP contribution in [0.15, 0.2) is 18.3 Å². The maximum atomic E-state index is 5.51. The van der Waals surface area contributed by atoms with Gasteiger partial charge < -0.3 is 11.1 Å². The fourth-order valence-electron chi connectivity index (χ4n) is 1.81. The number of thiocarbonyl (C=S) groups is 1. The third-order valence-electron chi connectivity index (χ3n) is 2.85. The molecule has 0 saturated heterocycles. The number of rotatable bonds is 7. The van der Waals surface area contributed by atoms with Crippen LogP contribution < -0.4 is 11.1 Å². The van der Waals surface area contributed by atoms with Crippen molar-refractivity contribution in [1.82, 2.24) is 4.98 Å². The summed E-state index contributed by atoms with van der Waals surface area (Å²) in [4.78, 5) is 4.55. The first-order valence-corrected chi connectivity index (χ1v) is 6.92. The van der Waals surface area contributed by atoms with Crippen LogP contribution in [-0.4, -0.2) is 16.0 Å². The predicted octanol–water partition coefficient (Wildman–Crippen LogP) is 3.34. The second kappa shape index (κ2) is 7.31. The molecule has 0 spiro atoms. The minimum Gasteiger partial charge on any atom is -0.388 e. The standard InChI is InChI=1S/C14H23N3S/c1-10(2)5-4-6-11(3)17-12-7-8-13(14(15)18)16-9-12/h7-11,17H,4-6H2,1-3H3,(H2,15,18). The summed E-state index contributed by atoms with van der Waals surface area (Å²) in [6.45, 7) is 6.72. The molecule has 0 bridgehead atoms. The van der Waals surface area contributed by atoms with E-state index in [2.05, 4.69) is 31.1 Å². The second-order valence-electron chi connectivity index (χ2n) is 5.17. The lowest BCUT2D eigenvalue weighted by Gasteiger charge is -2.15. The van der Waals surface area contributed by atoms with Crippen LogP contribution in [0.2, 0.25) is 0 Å². The number of hydrogen-bond donors (Lipinski definition) is 2. The number of anilines is 1. The minimum atomic E-state index is 0.339. The van der Waals surface area contributed by atoms with E-state index in [-0.39, 0.29) is 0 Å². The fraction of sp³-hybridized carbons (Fsp3) is 0.571. The highest BCUT2D eigenvalue weighted by Gasteiger charge is 2.04.